The number of piperidine rings is 1. The minimum absolute atomic E-state index is 0.115. The van der Waals surface area contributed by atoms with Gasteiger partial charge in [0.25, 0.3) is 0 Å². The highest BCUT2D eigenvalue weighted by Gasteiger charge is 2.40. The smallest absolute Gasteiger partial charge is 0.323 e. The van der Waals surface area contributed by atoms with Crippen molar-refractivity contribution in [3.8, 4) is 5.75 Å². The van der Waals surface area contributed by atoms with Crippen molar-refractivity contribution in [2.75, 3.05) is 65.2 Å². The Bertz CT molecular complexity index is 927. The number of nitrogens with zero attached hydrogens (tertiary/aromatic N) is 2. The van der Waals surface area contributed by atoms with E-state index in [4.69, 9.17) is 23.7 Å². The number of amides is 2. The number of rotatable bonds is 3. The summed E-state index contributed by atoms with van der Waals surface area (Å²) in [4.78, 5) is 19.3. The van der Waals surface area contributed by atoms with Gasteiger partial charge in [-0.3, -0.25) is 5.32 Å². The van der Waals surface area contributed by atoms with E-state index in [0.717, 1.165) is 15.8 Å². The van der Waals surface area contributed by atoms with Crippen LogP contribution < -0.4 is 10.1 Å². The maximum Gasteiger partial charge on any atom is 0.323 e. The highest BCUT2D eigenvalue weighted by atomic mass is 32.1. The number of aromatic nitrogens is 1. The third-order valence-electron chi connectivity index (χ3n) is 6.05. The molecule has 1 spiro atoms. The van der Waals surface area contributed by atoms with E-state index in [9.17, 15) is 4.79 Å². The molecule has 0 saturated carbocycles. The average Bonchev–Trinajstić information content (AvgIpc) is 3.32. The second-order valence-electron chi connectivity index (χ2n) is 7.93. The Hall–Kier alpha value is -1.98. The van der Waals surface area contributed by atoms with Crippen LogP contribution in [0.5, 0.6) is 5.75 Å². The van der Waals surface area contributed by atoms with Crippen LogP contribution >= 0.6 is 11.3 Å². The molecule has 0 unspecified atom stereocenters. The molecule has 2 aromatic rings. The van der Waals surface area contributed by atoms with Crippen molar-refractivity contribution in [2.45, 2.75) is 24.5 Å². The fourth-order valence-corrected chi connectivity index (χ4v) is 5.41. The molecular weight excluding hydrogens is 422 g/mol. The zero-order chi connectivity index (χ0) is 21.3. The lowest BCUT2D eigenvalue weighted by Gasteiger charge is -2.37. The number of fused-ring (bicyclic) bond motifs is 1. The number of thiazole rings is 1. The van der Waals surface area contributed by atoms with E-state index in [1.54, 1.807) is 12.0 Å². The molecular formula is C21H27N3O6S. The largest absolute Gasteiger partial charge is 0.494 e. The molecule has 1 aromatic heterocycles. The normalized spacial score (nSPS) is 22.0. The quantitative estimate of drug-likeness (QED) is 0.770. The first kappa shape index (κ1) is 20.9. The summed E-state index contributed by atoms with van der Waals surface area (Å²) in [6.07, 6.45) is 1.36. The number of urea groups is 1. The Labute approximate surface area is 184 Å². The van der Waals surface area contributed by atoms with Gasteiger partial charge in [0.05, 0.1) is 51.5 Å². The van der Waals surface area contributed by atoms with Crippen molar-refractivity contribution in [3.05, 3.63) is 17.7 Å². The number of anilines is 1. The number of benzene rings is 1. The van der Waals surface area contributed by atoms with E-state index >= 15 is 0 Å². The van der Waals surface area contributed by atoms with Gasteiger partial charge in [-0.05, 0) is 11.6 Å². The summed E-state index contributed by atoms with van der Waals surface area (Å²) < 4.78 is 29.4. The van der Waals surface area contributed by atoms with Gasteiger partial charge in [0.15, 0.2) is 10.9 Å². The molecule has 0 aliphatic carbocycles. The lowest BCUT2D eigenvalue weighted by Crippen LogP contribution is -2.48. The van der Waals surface area contributed by atoms with Crippen molar-refractivity contribution in [1.82, 2.24) is 9.88 Å². The lowest BCUT2D eigenvalue weighted by molar-refractivity contribution is -0.181. The standard InChI is InChI=1S/C21H27N3O6S/c1-26-16-3-2-15(14-12-27-8-9-28-13-14)18-17(16)22-19(31-18)23-20(25)24-6-4-21(5-7-24)29-10-11-30-21/h2-3,14H,4-13H2,1H3,(H,22,23,25). The SMILES string of the molecule is COc1ccc(C2COCCOC2)c2sc(NC(=O)N3CCC4(CC3)OCCO4)nc12. The first-order chi connectivity index (χ1) is 15.2. The summed E-state index contributed by atoms with van der Waals surface area (Å²) in [5.74, 6) is 0.295. The van der Waals surface area contributed by atoms with Crippen LogP contribution in [-0.2, 0) is 18.9 Å². The van der Waals surface area contributed by atoms with E-state index in [-0.39, 0.29) is 11.9 Å². The summed E-state index contributed by atoms with van der Waals surface area (Å²) in [6.45, 7) is 4.82. The van der Waals surface area contributed by atoms with E-state index in [2.05, 4.69) is 10.3 Å². The molecule has 1 aromatic carbocycles. The van der Waals surface area contributed by atoms with Gasteiger partial charge in [-0.15, -0.1) is 0 Å². The molecule has 5 rings (SSSR count). The molecule has 168 valence electrons. The molecule has 0 bridgehead atoms. The average molecular weight is 450 g/mol. The first-order valence-corrected chi connectivity index (χ1v) is 11.5. The molecule has 4 heterocycles. The van der Waals surface area contributed by atoms with Gasteiger partial charge in [0.1, 0.15) is 11.3 Å². The number of ether oxygens (including phenoxy) is 5. The van der Waals surface area contributed by atoms with Gasteiger partial charge in [-0.2, -0.15) is 0 Å². The number of methoxy groups -OCH3 is 1. The highest BCUT2D eigenvalue weighted by Crippen LogP contribution is 2.39. The van der Waals surface area contributed by atoms with E-state index in [1.165, 1.54) is 11.3 Å². The third-order valence-corrected chi connectivity index (χ3v) is 7.07. The molecule has 1 N–H and O–H groups in total. The van der Waals surface area contributed by atoms with Crippen LogP contribution in [0.15, 0.2) is 12.1 Å². The Morgan fingerprint density at radius 2 is 1.87 bits per heavy atom. The number of hydrogen-bond acceptors (Lipinski definition) is 8. The van der Waals surface area contributed by atoms with Crippen molar-refractivity contribution >= 4 is 32.7 Å². The van der Waals surface area contributed by atoms with Crippen LogP contribution in [0.1, 0.15) is 24.3 Å². The first-order valence-electron chi connectivity index (χ1n) is 10.6. The van der Waals surface area contributed by atoms with Gasteiger partial charge in [0.2, 0.25) is 0 Å². The zero-order valence-electron chi connectivity index (χ0n) is 17.6. The Kier molecular flexibility index (Phi) is 5.98. The van der Waals surface area contributed by atoms with Crippen LogP contribution in [0.2, 0.25) is 0 Å². The number of nitrogens with one attached hydrogen (secondary N) is 1. The molecule has 0 radical (unpaired) electrons. The fourth-order valence-electron chi connectivity index (χ4n) is 4.35. The summed E-state index contributed by atoms with van der Waals surface area (Å²) >= 11 is 1.45. The van der Waals surface area contributed by atoms with Gasteiger partial charge in [-0.25, -0.2) is 9.78 Å². The van der Waals surface area contributed by atoms with Crippen LogP contribution in [0.3, 0.4) is 0 Å². The lowest BCUT2D eigenvalue weighted by atomic mass is 10.0. The van der Waals surface area contributed by atoms with Crippen molar-refractivity contribution in [1.29, 1.82) is 0 Å². The Morgan fingerprint density at radius 3 is 2.55 bits per heavy atom. The van der Waals surface area contributed by atoms with Crippen LogP contribution in [0.4, 0.5) is 9.93 Å². The molecule has 3 fully saturated rings. The Morgan fingerprint density at radius 1 is 1.16 bits per heavy atom. The molecule has 3 aliphatic heterocycles. The molecule has 10 heteroatoms. The molecule has 3 aliphatic rings. The molecule has 0 atom stereocenters. The predicted octanol–water partition coefficient (Wildman–Crippen LogP) is 2.81. The second-order valence-corrected chi connectivity index (χ2v) is 8.92. The summed E-state index contributed by atoms with van der Waals surface area (Å²) in [5, 5.41) is 3.52. The monoisotopic (exact) mass is 449 g/mol. The summed E-state index contributed by atoms with van der Waals surface area (Å²) in [7, 11) is 1.63. The van der Waals surface area contributed by atoms with Crippen molar-refractivity contribution < 1.29 is 28.5 Å². The van der Waals surface area contributed by atoms with Crippen LogP contribution in [0.25, 0.3) is 10.2 Å². The number of carbonyl (C=O) groups is 1. The van der Waals surface area contributed by atoms with Gasteiger partial charge < -0.3 is 28.6 Å². The second kappa shape index (κ2) is 8.87. The molecule has 9 nitrogen and oxygen atoms in total. The minimum atomic E-state index is -0.502. The van der Waals surface area contributed by atoms with E-state index in [0.29, 0.717) is 76.5 Å². The Balaban J connectivity index is 1.34. The third kappa shape index (κ3) is 4.22. The van der Waals surface area contributed by atoms with Gasteiger partial charge in [0, 0.05) is 31.8 Å². The minimum Gasteiger partial charge on any atom is -0.494 e. The van der Waals surface area contributed by atoms with Gasteiger partial charge >= 0.3 is 6.03 Å². The van der Waals surface area contributed by atoms with Crippen molar-refractivity contribution in [2.24, 2.45) is 0 Å². The topological polar surface area (TPSA) is 91.4 Å². The number of carbonyl (C=O) groups excluding carboxylic acids is 1. The maximum absolute atomic E-state index is 12.9. The number of likely N-dealkylation sites (tertiary alicyclic amines) is 1. The maximum atomic E-state index is 12.9. The zero-order valence-corrected chi connectivity index (χ0v) is 18.4. The predicted molar refractivity (Wildman–Crippen MR) is 115 cm³/mol. The number of hydrogen-bond donors (Lipinski definition) is 1. The summed E-state index contributed by atoms with van der Waals surface area (Å²) in [5.41, 5.74) is 1.85. The van der Waals surface area contributed by atoms with Gasteiger partial charge in [-0.1, -0.05) is 17.4 Å². The van der Waals surface area contributed by atoms with Crippen LogP contribution in [0, 0.1) is 0 Å². The van der Waals surface area contributed by atoms with E-state index in [1.807, 2.05) is 12.1 Å². The van der Waals surface area contributed by atoms with E-state index < -0.39 is 5.79 Å². The summed E-state index contributed by atoms with van der Waals surface area (Å²) in [6, 6.07) is 3.80. The fraction of sp³-hybridized carbons (Fsp3) is 0.619. The molecule has 31 heavy (non-hydrogen) atoms. The van der Waals surface area contributed by atoms with Crippen molar-refractivity contribution in [3.63, 3.8) is 0 Å². The highest BCUT2D eigenvalue weighted by molar-refractivity contribution is 7.22. The van der Waals surface area contributed by atoms with Crippen LogP contribution in [-0.4, -0.2) is 81.5 Å². The molecule has 3 saturated heterocycles. The molecule has 2 amide bonds.